The molecule has 1 atom stereocenters. The first-order chi connectivity index (χ1) is 10.5. The molecule has 1 amide bonds. The number of carbonyl (C=O) groups is 1. The highest BCUT2D eigenvalue weighted by molar-refractivity contribution is 7.87. The van der Waals surface area contributed by atoms with Crippen molar-refractivity contribution in [1.29, 1.82) is 0 Å². The van der Waals surface area contributed by atoms with E-state index in [9.17, 15) is 13.2 Å². The zero-order valence-electron chi connectivity index (χ0n) is 12.6. The van der Waals surface area contributed by atoms with Crippen LogP contribution in [0.15, 0.2) is 6.20 Å². The topological polar surface area (TPSA) is 98.4 Å². The Morgan fingerprint density at radius 2 is 2.09 bits per heavy atom. The first-order valence-electron chi connectivity index (χ1n) is 7.50. The van der Waals surface area contributed by atoms with Gasteiger partial charge in [-0.1, -0.05) is 0 Å². The van der Waals surface area contributed by atoms with Gasteiger partial charge in [-0.25, -0.2) is 4.72 Å². The monoisotopic (exact) mass is 327 g/mol. The molecule has 1 unspecified atom stereocenters. The number of fused-ring (bicyclic) bond motifs is 1. The molecule has 122 valence electrons. The summed E-state index contributed by atoms with van der Waals surface area (Å²) < 4.78 is 27.2. The van der Waals surface area contributed by atoms with Gasteiger partial charge in [0.25, 0.3) is 10.2 Å². The van der Waals surface area contributed by atoms with Gasteiger partial charge in [0.2, 0.25) is 5.91 Å². The zero-order chi connectivity index (χ0) is 15.7. The fourth-order valence-electron chi connectivity index (χ4n) is 3.16. The number of hydrogen-bond donors (Lipinski definition) is 2. The van der Waals surface area contributed by atoms with Gasteiger partial charge in [0.1, 0.15) is 0 Å². The van der Waals surface area contributed by atoms with Gasteiger partial charge in [-0.15, -0.1) is 0 Å². The molecule has 22 heavy (non-hydrogen) atoms. The molecule has 2 N–H and O–H groups in total. The number of nitrogens with one attached hydrogen (secondary N) is 2. The number of H-pyrrole nitrogens is 1. The highest BCUT2D eigenvalue weighted by Crippen LogP contribution is 2.25. The number of aromatic nitrogens is 2. The lowest BCUT2D eigenvalue weighted by atomic mass is 9.87. The Kier molecular flexibility index (Phi) is 4.20. The molecular formula is C13H21N5O3S. The third kappa shape index (κ3) is 2.88. The molecule has 8 nitrogen and oxygen atoms in total. The summed E-state index contributed by atoms with van der Waals surface area (Å²) in [4.78, 5) is 14.4. The number of aromatic amines is 1. The van der Waals surface area contributed by atoms with Crippen LogP contribution in [0, 0.1) is 5.92 Å². The Morgan fingerprint density at radius 3 is 2.77 bits per heavy atom. The van der Waals surface area contributed by atoms with Gasteiger partial charge in [-0.2, -0.15) is 17.8 Å². The SMILES string of the molecule is CNS(=O)(=O)N1CCN(C(=O)C2CCc3cn[nH]c3C2)CC1. The van der Waals surface area contributed by atoms with Crippen LogP contribution in [0.1, 0.15) is 17.7 Å². The van der Waals surface area contributed by atoms with Crippen molar-refractivity contribution < 1.29 is 13.2 Å². The lowest BCUT2D eigenvalue weighted by molar-refractivity contribution is -0.137. The van der Waals surface area contributed by atoms with E-state index in [0.717, 1.165) is 18.5 Å². The van der Waals surface area contributed by atoms with Crippen molar-refractivity contribution in [3.8, 4) is 0 Å². The van der Waals surface area contributed by atoms with Gasteiger partial charge in [-0.05, 0) is 18.4 Å². The zero-order valence-corrected chi connectivity index (χ0v) is 13.4. The Bertz CT molecular complexity index is 648. The van der Waals surface area contributed by atoms with Crippen molar-refractivity contribution in [2.24, 2.45) is 5.92 Å². The number of carbonyl (C=O) groups excluding carboxylic acids is 1. The summed E-state index contributed by atoms with van der Waals surface area (Å²) in [5.74, 6) is 0.0992. The highest BCUT2D eigenvalue weighted by atomic mass is 32.2. The molecule has 0 saturated carbocycles. The number of hydrogen-bond acceptors (Lipinski definition) is 4. The second-order valence-corrected chi connectivity index (χ2v) is 7.62. The molecule has 1 fully saturated rings. The predicted octanol–water partition coefficient (Wildman–Crippen LogP) is -0.877. The first-order valence-corrected chi connectivity index (χ1v) is 8.94. The fraction of sp³-hybridized carbons (Fsp3) is 0.692. The van der Waals surface area contributed by atoms with E-state index in [0.29, 0.717) is 32.6 Å². The summed E-state index contributed by atoms with van der Waals surface area (Å²) in [5, 5.41) is 6.99. The Labute approximate surface area is 130 Å². The maximum atomic E-state index is 12.6. The maximum absolute atomic E-state index is 12.6. The van der Waals surface area contributed by atoms with Crippen molar-refractivity contribution in [2.75, 3.05) is 33.2 Å². The second kappa shape index (κ2) is 5.98. The Balaban J connectivity index is 1.59. The minimum Gasteiger partial charge on any atom is -0.340 e. The van der Waals surface area contributed by atoms with E-state index < -0.39 is 10.2 Å². The predicted molar refractivity (Wildman–Crippen MR) is 80.2 cm³/mol. The van der Waals surface area contributed by atoms with Gasteiger partial charge in [0.05, 0.1) is 6.20 Å². The molecule has 9 heteroatoms. The van der Waals surface area contributed by atoms with Gasteiger partial charge >= 0.3 is 0 Å². The molecule has 1 saturated heterocycles. The van der Waals surface area contributed by atoms with Crippen LogP contribution in [0.25, 0.3) is 0 Å². The summed E-state index contributed by atoms with van der Waals surface area (Å²) in [6.45, 7) is 1.59. The first kappa shape index (κ1) is 15.4. The molecule has 2 aliphatic rings. The van der Waals surface area contributed by atoms with Crippen LogP contribution < -0.4 is 4.72 Å². The number of amides is 1. The van der Waals surface area contributed by atoms with E-state index >= 15 is 0 Å². The van der Waals surface area contributed by atoms with Crippen molar-refractivity contribution in [3.63, 3.8) is 0 Å². The molecule has 1 aromatic rings. The molecule has 2 heterocycles. The maximum Gasteiger partial charge on any atom is 0.279 e. The normalized spacial score (nSPS) is 23.3. The van der Waals surface area contributed by atoms with Crippen molar-refractivity contribution >= 4 is 16.1 Å². The molecular weight excluding hydrogens is 306 g/mol. The number of aryl methyl sites for hydroxylation is 1. The van der Waals surface area contributed by atoms with Crippen molar-refractivity contribution in [2.45, 2.75) is 19.3 Å². The number of rotatable bonds is 3. The average molecular weight is 327 g/mol. The molecule has 3 rings (SSSR count). The van der Waals surface area contributed by atoms with E-state index in [1.54, 1.807) is 4.90 Å². The summed E-state index contributed by atoms with van der Waals surface area (Å²) in [6.07, 6.45) is 4.23. The molecule has 0 spiro atoms. The summed E-state index contributed by atoms with van der Waals surface area (Å²) in [5.41, 5.74) is 2.26. The molecule has 1 aliphatic carbocycles. The minimum absolute atomic E-state index is 0.0274. The lowest BCUT2D eigenvalue weighted by Gasteiger charge is -2.36. The van der Waals surface area contributed by atoms with Crippen LogP contribution in [0.5, 0.6) is 0 Å². The molecule has 1 aromatic heterocycles. The van der Waals surface area contributed by atoms with Crippen molar-refractivity contribution in [3.05, 3.63) is 17.5 Å². The van der Waals surface area contributed by atoms with Crippen LogP contribution in [0.3, 0.4) is 0 Å². The van der Waals surface area contributed by atoms with Crippen LogP contribution >= 0.6 is 0 Å². The van der Waals surface area contributed by atoms with Crippen LogP contribution in [0.4, 0.5) is 0 Å². The van der Waals surface area contributed by atoms with Crippen LogP contribution in [-0.4, -0.2) is 67.0 Å². The summed E-state index contributed by atoms with van der Waals surface area (Å²) >= 11 is 0. The van der Waals surface area contributed by atoms with Gasteiger partial charge in [0.15, 0.2) is 0 Å². The smallest absolute Gasteiger partial charge is 0.279 e. The minimum atomic E-state index is -3.40. The standard InChI is InChI=1S/C13H21N5O3S/c1-14-22(20,21)18-6-4-17(5-7-18)13(19)10-2-3-11-9-15-16-12(11)8-10/h9-10,14H,2-8H2,1H3,(H,15,16). The lowest BCUT2D eigenvalue weighted by Crippen LogP contribution is -2.54. The van der Waals surface area contributed by atoms with Gasteiger partial charge < -0.3 is 4.90 Å². The Hall–Kier alpha value is -1.45. The van der Waals surface area contributed by atoms with E-state index in [1.165, 1.54) is 16.9 Å². The Morgan fingerprint density at radius 1 is 1.36 bits per heavy atom. The molecule has 0 bridgehead atoms. The van der Waals surface area contributed by atoms with E-state index in [4.69, 9.17) is 0 Å². The third-order valence-electron chi connectivity index (χ3n) is 4.52. The number of piperazine rings is 1. The molecule has 1 aliphatic heterocycles. The van der Waals surface area contributed by atoms with Crippen LogP contribution in [0.2, 0.25) is 0 Å². The van der Waals surface area contributed by atoms with E-state index in [1.807, 2.05) is 6.20 Å². The van der Waals surface area contributed by atoms with Crippen LogP contribution in [-0.2, 0) is 27.8 Å². The van der Waals surface area contributed by atoms with E-state index in [-0.39, 0.29) is 11.8 Å². The second-order valence-electron chi connectivity index (χ2n) is 5.75. The largest absolute Gasteiger partial charge is 0.340 e. The van der Waals surface area contributed by atoms with Gasteiger partial charge in [-0.3, -0.25) is 9.89 Å². The molecule has 0 aromatic carbocycles. The van der Waals surface area contributed by atoms with Crippen molar-refractivity contribution in [1.82, 2.24) is 24.1 Å². The summed E-state index contributed by atoms with van der Waals surface area (Å²) in [6, 6.07) is 0. The molecule has 0 radical (unpaired) electrons. The van der Waals surface area contributed by atoms with Gasteiger partial charge in [0, 0.05) is 51.3 Å². The number of nitrogens with zero attached hydrogens (tertiary/aromatic N) is 3. The quantitative estimate of drug-likeness (QED) is 0.753. The average Bonchev–Trinajstić information content (AvgIpc) is 3.02. The highest BCUT2D eigenvalue weighted by Gasteiger charge is 2.33. The summed E-state index contributed by atoms with van der Waals surface area (Å²) in [7, 11) is -2.00. The third-order valence-corrected chi connectivity index (χ3v) is 6.08. The van der Waals surface area contributed by atoms with E-state index in [2.05, 4.69) is 14.9 Å². The fourth-order valence-corrected chi connectivity index (χ4v) is 4.06.